The number of nitrogens with zero attached hydrogens (tertiary/aromatic N) is 4. The maximum Gasteiger partial charge on any atom is 0.349 e. The molecule has 0 saturated carbocycles. The third-order valence-electron chi connectivity index (χ3n) is 9.72. The lowest BCUT2D eigenvalue weighted by molar-refractivity contribution is 0.0531. The van der Waals surface area contributed by atoms with Gasteiger partial charge in [0.1, 0.15) is 22.3 Å². The molecule has 54 heavy (non-hydrogen) atoms. The van der Waals surface area contributed by atoms with Crippen molar-refractivity contribution >= 4 is 66.9 Å². The molecule has 0 radical (unpaired) electrons. The number of hydrogen-bond donors (Lipinski definition) is 2. The molecule has 0 atom stereocenters. The lowest BCUT2D eigenvalue weighted by Crippen LogP contribution is -2.50. The van der Waals surface area contributed by atoms with E-state index in [4.69, 9.17) is 8.83 Å². The first-order valence-corrected chi connectivity index (χ1v) is 17.2. The monoisotopic (exact) mass is 723 g/mol. The molecular formula is C41H33N5O8. The fraction of sp³-hybridized carbons (Fsp3) is 0.171. The quantitative estimate of drug-likeness (QED) is 0.137. The van der Waals surface area contributed by atoms with Crippen LogP contribution in [0, 0.1) is 0 Å². The third-order valence-corrected chi connectivity index (χ3v) is 9.72. The average molecular weight is 724 g/mol. The number of nitrogens with one attached hydrogen (secondary N) is 1. The molecule has 3 amide bonds. The van der Waals surface area contributed by atoms with Gasteiger partial charge in [-0.1, -0.05) is 18.2 Å². The van der Waals surface area contributed by atoms with Crippen LogP contribution >= 0.6 is 0 Å². The summed E-state index contributed by atoms with van der Waals surface area (Å²) in [6, 6.07) is 23.9. The molecule has 13 heteroatoms. The van der Waals surface area contributed by atoms with Crippen LogP contribution < -0.4 is 21.3 Å². The fourth-order valence-electron chi connectivity index (χ4n) is 6.72. The van der Waals surface area contributed by atoms with Crippen molar-refractivity contribution in [2.45, 2.75) is 6.54 Å². The van der Waals surface area contributed by atoms with Crippen LogP contribution in [0.15, 0.2) is 110 Å². The van der Waals surface area contributed by atoms with Crippen LogP contribution in [-0.4, -0.2) is 77.9 Å². The predicted octanol–water partition coefficient (Wildman–Crippen LogP) is 4.90. The van der Waals surface area contributed by atoms with Gasteiger partial charge in [0.2, 0.25) is 0 Å². The number of fused-ring (bicyclic) bond motifs is 5. The van der Waals surface area contributed by atoms with E-state index in [0.717, 1.165) is 16.5 Å². The van der Waals surface area contributed by atoms with Crippen molar-refractivity contribution < 1.29 is 28.3 Å². The summed E-state index contributed by atoms with van der Waals surface area (Å²) in [5.41, 5.74) is 1.55. The van der Waals surface area contributed by atoms with Gasteiger partial charge in [-0.2, -0.15) is 0 Å². The van der Waals surface area contributed by atoms with E-state index in [0.29, 0.717) is 44.0 Å². The van der Waals surface area contributed by atoms with Gasteiger partial charge >= 0.3 is 5.63 Å². The Morgan fingerprint density at radius 3 is 2.20 bits per heavy atom. The molecule has 1 aliphatic rings. The van der Waals surface area contributed by atoms with Gasteiger partial charge in [0.25, 0.3) is 23.7 Å². The highest BCUT2D eigenvalue weighted by Gasteiger charge is 2.28. The van der Waals surface area contributed by atoms with E-state index in [2.05, 4.69) is 10.3 Å². The highest BCUT2D eigenvalue weighted by Crippen LogP contribution is 2.32. The minimum atomic E-state index is -0.753. The number of carbonyl (C=O) groups excluding carboxylic acids is 3. The number of piperazine rings is 1. The predicted molar refractivity (Wildman–Crippen MR) is 203 cm³/mol. The van der Waals surface area contributed by atoms with E-state index in [1.54, 1.807) is 52.3 Å². The topological polar surface area (TPSA) is 166 Å². The van der Waals surface area contributed by atoms with E-state index in [-0.39, 0.29) is 55.2 Å². The van der Waals surface area contributed by atoms with E-state index in [1.807, 2.05) is 43.3 Å². The van der Waals surface area contributed by atoms with E-state index < -0.39 is 23.4 Å². The van der Waals surface area contributed by atoms with Gasteiger partial charge < -0.3 is 34.0 Å². The normalized spacial score (nSPS) is 13.1. The van der Waals surface area contributed by atoms with E-state index >= 15 is 0 Å². The number of benzene rings is 4. The molecule has 4 aromatic carbocycles. The molecule has 1 saturated heterocycles. The van der Waals surface area contributed by atoms with Gasteiger partial charge in [-0.25, -0.2) is 4.79 Å². The molecule has 13 nitrogen and oxygen atoms in total. The Hall–Kier alpha value is -7.02. The van der Waals surface area contributed by atoms with Crippen LogP contribution in [0.3, 0.4) is 0 Å². The average Bonchev–Trinajstić information content (AvgIpc) is 3.18. The molecule has 0 spiro atoms. The van der Waals surface area contributed by atoms with Crippen LogP contribution in [-0.2, 0) is 6.54 Å². The second-order valence-corrected chi connectivity index (χ2v) is 13.4. The molecule has 8 rings (SSSR count). The third kappa shape index (κ3) is 6.36. The SMILES string of the molecule is CN(C)c1ccc2cc3cc(C(=O)NCc4ccc(C(=O)N5CCN(C(=O)c6cc7ccc8cc(=O)ccc8c7oc6O)CC5)cn4)c(=O)oc3cc2c1. The highest BCUT2D eigenvalue weighted by atomic mass is 16.5. The van der Waals surface area contributed by atoms with Crippen LogP contribution in [0.1, 0.15) is 36.8 Å². The number of amides is 3. The second kappa shape index (κ2) is 13.5. The molecule has 7 aromatic rings. The Bertz CT molecular complexity index is 2780. The minimum absolute atomic E-state index is 0.00266. The first kappa shape index (κ1) is 34.1. The van der Waals surface area contributed by atoms with Gasteiger partial charge in [-0.15, -0.1) is 0 Å². The number of anilines is 1. The molecule has 0 bridgehead atoms. The lowest BCUT2D eigenvalue weighted by Gasteiger charge is -2.34. The van der Waals surface area contributed by atoms with Crippen molar-refractivity contribution in [3.63, 3.8) is 0 Å². The first-order chi connectivity index (χ1) is 26.0. The Labute approximate surface area is 306 Å². The second-order valence-electron chi connectivity index (χ2n) is 13.4. The molecule has 270 valence electrons. The van der Waals surface area contributed by atoms with Gasteiger partial charge in [-0.05, 0) is 82.9 Å². The molecule has 1 aliphatic heterocycles. The van der Waals surface area contributed by atoms with Crippen LogP contribution in [0.2, 0.25) is 0 Å². The molecule has 0 unspecified atom stereocenters. The van der Waals surface area contributed by atoms with E-state index in [9.17, 15) is 29.1 Å². The molecule has 1 fully saturated rings. The van der Waals surface area contributed by atoms with E-state index in [1.165, 1.54) is 24.4 Å². The summed E-state index contributed by atoms with van der Waals surface area (Å²) in [6.45, 7) is 1.01. The highest BCUT2D eigenvalue weighted by molar-refractivity contribution is 6.07. The van der Waals surface area contributed by atoms with Crippen molar-refractivity contribution in [2.75, 3.05) is 45.2 Å². The molecule has 4 heterocycles. The Balaban J connectivity index is 0.884. The Morgan fingerprint density at radius 1 is 0.741 bits per heavy atom. The maximum absolute atomic E-state index is 13.4. The van der Waals surface area contributed by atoms with Crippen molar-refractivity contribution in [2.24, 2.45) is 0 Å². The fourth-order valence-corrected chi connectivity index (χ4v) is 6.72. The van der Waals surface area contributed by atoms with Crippen molar-refractivity contribution in [3.05, 3.63) is 134 Å². The number of aromatic hydroxyl groups is 1. The lowest BCUT2D eigenvalue weighted by atomic mass is 10.1. The Kier molecular flexibility index (Phi) is 8.53. The zero-order chi connectivity index (χ0) is 37.7. The standard InChI is InChI=1S/C41H33N5O8/c1-44(2)30-8-6-23-15-28-19-33(40(51)53-35(28)20-27(23)16-30)37(48)43-22-29-7-5-26(21-42-29)38(49)45-11-13-46(14-12-45)39(50)34-18-25-4-3-24-17-31(47)9-10-32(24)36(25)54-41(34)52/h3-10,15-21,52H,11-14,22H2,1-2H3,(H,43,48). The number of hydrogen-bond acceptors (Lipinski definition) is 10. The summed E-state index contributed by atoms with van der Waals surface area (Å²) < 4.78 is 11.2. The summed E-state index contributed by atoms with van der Waals surface area (Å²) in [4.78, 5) is 73.7. The van der Waals surface area contributed by atoms with Gasteiger partial charge in [0.05, 0.1) is 17.8 Å². The number of carbonyl (C=O) groups is 3. The zero-order valence-corrected chi connectivity index (χ0v) is 29.3. The molecule has 2 N–H and O–H groups in total. The summed E-state index contributed by atoms with van der Waals surface area (Å²) in [6.07, 6.45) is 1.43. The van der Waals surface area contributed by atoms with Crippen molar-refractivity contribution in [3.8, 4) is 5.95 Å². The van der Waals surface area contributed by atoms with Crippen molar-refractivity contribution in [1.29, 1.82) is 0 Å². The van der Waals surface area contributed by atoms with Crippen LogP contribution in [0.25, 0.3) is 43.5 Å². The van der Waals surface area contributed by atoms with Crippen LogP contribution in [0.5, 0.6) is 5.95 Å². The summed E-state index contributed by atoms with van der Waals surface area (Å²) in [7, 11) is 3.89. The largest absolute Gasteiger partial charge is 0.480 e. The maximum atomic E-state index is 13.4. The zero-order valence-electron chi connectivity index (χ0n) is 29.3. The van der Waals surface area contributed by atoms with Crippen LogP contribution in [0.4, 0.5) is 5.69 Å². The minimum Gasteiger partial charge on any atom is -0.480 e. The number of pyridine rings is 1. The number of aromatic nitrogens is 1. The molecule has 3 aromatic heterocycles. The van der Waals surface area contributed by atoms with Gasteiger partial charge in [0.15, 0.2) is 5.43 Å². The smallest absolute Gasteiger partial charge is 0.349 e. The Morgan fingerprint density at radius 2 is 1.46 bits per heavy atom. The van der Waals surface area contributed by atoms with Gasteiger partial charge in [0, 0.05) is 68.3 Å². The van der Waals surface area contributed by atoms with Gasteiger partial charge in [-0.3, -0.25) is 24.2 Å². The number of rotatable bonds is 6. The summed E-state index contributed by atoms with van der Waals surface area (Å²) in [5.74, 6) is -1.83. The molecular weight excluding hydrogens is 690 g/mol. The van der Waals surface area contributed by atoms with Crippen molar-refractivity contribution in [1.82, 2.24) is 20.1 Å². The summed E-state index contributed by atoms with van der Waals surface area (Å²) >= 11 is 0. The summed E-state index contributed by atoms with van der Waals surface area (Å²) in [5, 5.41) is 17.8. The first-order valence-electron chi connectivity index (χ1n) is 17.2. The molecule has 0 aliphatic carbocycles.